The summed E-state index contributed by atoms with van der Waals surface area (Å²) in [5, 5.41) is 5.15. The van der Waals surface area contributed by atoms with E-state index in [2.05, 4.69) is 5.32 Å². The molecule has 0 fully saturated rings. The Balaban J connectivity index is 1.47. The van der Waals surface area contributed by atoms with Crippen molar-refractivity contribution in [1.82, 2.24) is 10.2 Å². The summed E-state index contributed by atoms with van der Waals surface area (Å²) in [4.78, 5) is 41.7. The van der Waals surface area contributed by atoms with Gasteiger partial charge in [-0.3, -0.25) is 14.4 Å². The van der Waals surface area contributed by atoms with Crippen molar-refractivity contribution in [3.8, 4) is 0 Å². The van der Waals surface area contributed by atoms with Gasteiger partial charge in [-0.15, -0.1) is 0 Å². The molecule has 3 aromatic carbocycles. The number of hydrogen-bond acceptors (Lipinski definition) is 3. The van der Waals surface area contributed by atoms with Gasteiger partial charge in [0, 0.05) is 42.5 Å². The maximum absolute atomic E-state index is 13.2. The molecule has 0 radical (unpaired) electrons. The van der Waals surface area contributed by atoms with Crippen molar-refractivity contribution >= 4 is 45.8 Å². The van der Waals surface area contributed by atoms with E-state index in [-0.39, 0.29) is 30.7 Å². The summed E-state index contributed by atoms with van der Waals surface area (Å²) in [6.07, 6.45) is 0.691. The highest BCUT2D eigenvalue weighted by molar-refractivity contribution is 6.31. The molecule has 7 heteroatoms. The normalized spacial score (nSPS) is 13.3. The minimum absolute atomic E-state index is 0.0408. The van der Waals surface area contributed by atoms with Crippen molar-refractivity contribution in [2.45, 2.75) is 32.4 Å². The third kappa shape index (κ3) is 4.44. The number of rotatable bonds is 8. The van der Waals surface area contributed by atoms with Gasteiger partial charge in [-0.2, -0.15) is 0 Å². The average Bonchev–Trinajstić information content (AvgIpc) is 3.10. The smallest absolute Gasteiger partial charge is 0.258 e. The topological polar surface area (TPSA) is 69.7 Å². The zero-order chi connectivity index (χ0) is 23.5. The van der Waals surface area contributed by atoms with Gasteiger partial charge in [-0.05, 0) is 42.5 Å². The molecular weight excluding hydrogens is 438 g/mol. The van der Waals surface area contributed by atoms with Crippen LogP contribution in [-0.4, -0.2) is 42.3 Å². The first kappa shape index (κ1) is 22.8. The molecule has 1 heterocycles. The number of amides is 3. The molecule has 0 aliphatic carbocycles. The van der Waals surface area contributed by atoms with E-state index in [9.17, 15) is 14.4 Å². The van der Waals surface area contributed by atoms with Gasteiger partial charge in [0.25, 0.3) is 5.91 Å². The molecule has 0 spiro atoms. The lowest BCUT2D eigenvalue weighted by Crippen LogP contribution is -2.46. The molecule has 1 aliphatic rings. The van der Waals surface area contributed by atoms with E-state index in [0.717, 1.165) is 22.0 Å². The summed E-state index contributed by atoms with van der Waals surface area (Å²) < 4.78 is 0. The van der Waals surface area contributed by atoms with Crippen LogP contribution in [0.3, 0.4) is 0 Å². The van der Waals surface area contributed by atoms with Gasteiger partial charge in [0.15, 0.2) is 0 Å². The number of carbonyl (C=O) groups excluding carboxylic acids is 3. The second-order valence-electron chi connectivity index (χ2n) is 8.14. The predicted molar refractivity (Wildman–Crippen MR) is 130 cm³/mol. The van der Waals surface area contributed by atoms with E-state index in [1.165, 1.54) is 0 Å². The minimum Gasteiger partial charge on any atom is -0.357 e. The average molecular weight is 464 g/mol. The number of carbonyl (C=O) groups is 3. The first-order valence-electron chi connectivity index (χ1n) is 11.0. The summed E-state index contributed by atoms with van der Waals surface area (Å²) in [6, 6.07) is 18.2. The van der Waals surface area contributed by atoms with Gasteiger partial charge >= 0.3 is 0 Å². The maximum Gasteiger partial charge on any atom is 0.258 e. The molecule has 33 heavy (non-hydrogen) atoms. The van der Waals surface area contributed by atoms with E-state index in [1.54, 1.807) is 29.8 Å². The van der Waals surface area contributed by atoms with Gasteiger partial charge in [0.05, 0.1) is 5.69 Å². The van der Waals surface area contributed by atoms with Crippen LogP contribution >= 0.6 is 11.6 Å². The van der Waals surface area contributed by atoms with Crippen LogP contribution < -0.4 is 10.2 Å². The Morgan fingerprint density at radius 2 is 1.79 bits per heavy atom. The number of nitrogens with zero attached hydrogens (tertiary/aromatic N) is 2. The maximum atomic E-state index is 13.2. The van der Waals surface area contributed by atoms with Gasteiger partial charge < -0.3 is 15.1 Å². The molecule has 0 saturated heterocycles. The zero-order valence-electron chi connectivity index (χ0n) is 18.7. The SMILES string of the molecule is CNC(=O)C(C)N(Cc1ccccc1Cl)C(=O)CCCN1C(=O)c2cccc3cccc1c23. The Morgan fingerprint density at radius 1 is 1.06 bits per heavy atom. The summed E-state index contributed by atoms with van der Waals surface area (Å²) >= 11 is 6.30. The number of likely N-dealkylation sites (N-methyl/N-ethyl adjacent to an activating group) is 1. The second kappa shape index (κ2) is 9.63. The van der Waals surface area contributed by atoms with Crippen LogP contribution in [0.5, 0.6) is 0 Å². The van der Waals surface area contributed by atoms with Gasteiger partial charge in [0.2, 0.25) is 11.8 Å². The lowest BCUT2D eigenvalue weighted by atomic mass is 10.1. The van der Waals surface area contributed by atoms with E-state index in [4.69, 9.17) is 11.6 Å². The Hall–Kier alpha value is -3.38. The quantitative estimate of drug-likeness (QED) is 0.538. The Labute approximate surface area is 198 Å². The number of halogens is 1. The zero-order valence-corrected chi connectivity index (χ0v) is 19.4. The summed E-state index contributed by atoms with van der Waals surface area (Å²) in [6.45, 7) is 2.36. The van der Waals surface area contributed by atoms with E-state index >= 15 is 0 Å². The second-order valence-corrected chi connectivity index (χ2v) is 8.55. The highest BCUT2D eigenvalue weighted by Gasteiger charge is 2.30. The van der Waals surface area contributed by atoms with Crippen LogP contribution in [0.4, 0.5) is 5.69 Å². The lowest BCUT2D eigenvalue weighted by molar-refractivity contribution is -0.140. The molecule has 170 valence electrons. The van der Waals surface area contributed by atoms with Crippen molar-refractivity contribution in [3.05, 3.63) is 76.8 Å². The van der Waals surface area contributed by atoms with Crippen LogP contribution in [0.2, 0.25) is 5.02 Å². The van der Waals surface area contributed by atoms with Gasteiger partial charge in [0.1, 0.15) is 6.04 Å². The number of hydrogen-bond donors (Lipinski definition) is 1. The third-order valence-corrected chi connectivity index (χ3v) is 6.50. The summed E-state index contributed by atoms with van der Waals surface area (Å²) in [5.74, 6) is -0.443. The van der Waals surface area contributed by atoms with E-state index in [0.29, 0.717) is 23.6 Å². The van der Waals surface area contributed by atoms with Crippen LogP contribution in [0.1, 0.15) is 35.7 Å². The summed E-state index contributed by atoms with van der Waals surface area (Å²) in [7, 11) is 1.55. The molecule has 3 aromatic rings. The van der Waals surface area contributed by atoms with Crippen LogP contribution in [-0.2, 0) is 16.1 Å². The fourth-order valence-electron chi connectivity index (χ4n) is 4.33. The molecule has 6 nitrogen and oxygen atoms in total. The highest BCUT2D eigenvalue weighted by atomic mass is 35.5. The van der Waals surface area contributed by atoms with E-state index in [1.807, 2.05) is 54.6 Å². The largest absolute Gasteiger partial charge is 0.357 e. The van der Waals surface area contributed by atoms with Crippen LogP contribution in [0, 0.1) is 0 Å². The van der Waals surface area contributed by atoms with Crippen molar-refractivity contribution < 1.29 is 14.4 Å². The standard InChI is InChI=1S/C26H26ClN3O3/c1-17(25(32)28-2)30(16-19-8-3-4-12-21(19)27)23(31)14-7-15-29-22-13-6-10-18-9-5-11-20(24(18)22)26(29)33/h3-6,8-13,17H,7,14-16H2,1-2H3,(H,28,32). The molecule has 1 unspecified atom stereocenters. The number of anilines is 1. The molecule has 0 bridgehead atoms. The Bertz CT molecular complexity index is 1220. The number of benzene rings is 3. The molecule has 4 rings (SSSR count). The predicted octanol–water partition coefficient (Wildman–Crippen LogP) is 4.40. The summed E-state index contributed by atoms with van der Waals surface area (Å²) in [5.41, 5.74) is 2.36. The molecule has 1 aliphatic heterocycles. The number of nitrogens with one attached hydrogen (secondary N) is 1. The molecular formula is C26H26ClN3O3. The fraction of sp³-hybridized carbons (Fsp3) is 0.269. The molecule has 3 amide bonds. The minimum atomic E-state index is -0.648. The molecule has 1 N–H and O–H groups in total. The van der Waals surface area contributed by atoms with Gasteiger partial charge in [-0.1, -0.05) is 54.1 Å². The van der Waals surface area contributed by atoms with Crippen molar-refractivity contribution in [3.63, 3.8) is 0 Å². The third-order valence-electron chi connectivity index (χ3n) is 6.13. The Kier molecular flexibility index (Phi) is 6.65. The van der Waals surface area contributed by atoms with Crippen LogP contribution in [0.15, 0.2) is 60.7 Å². The monoisotopic (exact) mass is 463 g/mol. The first-order chi connectivity index (χ1) is 15.9. The van der Waals surface area contributed by atoms with E-state index < -0.39 is 6.04 Å². The highest BCUT2D eigenvalue weighted by Crippen LogP contribution is 2.37. The van der Waals surface area contributed by atoms with Crippen molar-refractivity contribution in [1.29, 1.82) is 0 Å². The Morgan fingerprint density at radius 3 is 2.52 bits per heavy atom. The van der Waals surface area contributed by atoms with Crippen molar-refractivity contribution in [2.24, 2.45) is 0 Å². The fourth-order valence-corrected chi connectivity index (χ4v) is 4.53. The van der Waals surface area contributed by atoms with Crippen molar-refractivity contribution in [2.75, 3.05) is 18.5 Å². The molecule has 0 aromatic heterocycles. The van der Waals surface area contributed by atoms with Crippen LogP contribution in [0.25, 0.3) is 10.8 Å². The molecule has 1 atom stereocenters. The first-order valence-corrected chi connectivity index (χ1v) is 11.4. The lowest BCUT2D eigenvalue weighted by Gasteiger charge is -2.29. The molecule has 0 saturated carbocycles. The van der Waals surface area contributed by atoms with Gasteiger partial charge in [-0.25, -0.2) is 0 Å².